The maximum Gasteiger partial charge on any atom is 0.308 e. The fourth-order valence-corrected chi connectivity index (χ4v) is 1.87. The van der Waals surface area contributed by atoms with Gasteiger partial charge in [-0.25, -0.2) is 0 Å². The largest absolute Gasteiger partial charge is 0.481 e. The molecule has 17 heavy (non-hydrogen) atoms. The van der Waals surface area contributed by atoms with Crippen molar-refractivity contribution in [1.82, 2.24) is 5.32 Å². The lowest BCUT2D eigenvalue weighted by Gasteiger charge is -2.20. The molecule has 0 aliphatic rings. The Labute approximate surface area is 103 Å². The van der Waals surface area contributed by atoms with E-state index in [1.807, 2.05) is 13.8 Å². The maximum absolute atomic E-state index is 11.0. The molecular weight excluding hydrogens is 214 g/mol. The Kier molecular flexibility index (Phi) is 5.16. The Morgan fingerprint density at radius 2 is 1.94 bits per heavy atom. The highest BCUT2D eigenvalue weighted by molar-refractivity contribution is 5.70. The third-order valence-corrected chi connectivity index (χ3v) is 3.11. The molecule has 0 aliphatic heterocycles. The molecule has 1 rings (SSSR count). The number of carboxylic acids is 1. The summed E-state index contributed by atoms with van der Waals surface area (Å²) in [6, 6.07) is 8.25. The van der Waals surface area contributed by atoms with Crippen molar-refractivity contribution in [2.45, 2.75) is 39.8 Å². The number of hydrogen-bond acceptors (Lipinski definition) is 2. The summed E-state index contributed by atoms with van der Waals surface area (Å²) in [5.41, 5.74) is 2.42. The van der Waals surface area contributed by atoms with Gasteiger partial charge in [0.2, 0.25) is 0 Å². The minimum atomic E-state index is -0.726. The lowest BCUT2D eigenvalue weighted by molar-refractivity contribution is -0.142. The minimum Gasteiger partial charge on any atom is -0.481 e. The van der Waals surface area contributed by atoms with Gasteiger partial charge in [0.25, 0.3) is 0 Å². The molecule has 1 aromatic rings. The van der Waals surface area contributed by atoms with Crippen LogP contribution in [0.25, 0.3) is 0 Å². The van der Waals surface area contributed by atoms with Gasteiger partial charge in [0.15, 0.2) is 0 Å². The zero-order valence-electron chi connectivity index (χ0n) is 10.7. The van der Waals surface area contributed by atoms with Crippen LogP contribution in [0.1, 0.15) is 31.4 Å². The third kappa shape index (κ3) is 4.19. The summed E-state index contributed by atoms with van der Waals surface area (Å²) in [5.74, 6) is -1.04. The predicted octanol–water partition coefficient (Wildman–Crippen LogP) is 2.58. The predicted molar refractivity (Wildman–Crippen MR) is 68.9 cm³/mol. The number of rotatable bonds is 6. The summed E-state index contributed by atoms with van der Waals surface area (Å²) in [6.45, 7) is 6.60. The van der Waals surface area contributed by atoms with Crippen LogP contribution in [0, 0.1) is 12.8 Å². The van der Waals surface area contributed by atoms with E-state index in [0.29, 0.717) is 13.0 Å². The van der Waals surface area contributed by atoms with Crippen molar-refractivity contribution in [3.8, 4) is 0 Å². The van der Waals surface area contributed by atoms with E-state index in [9.17, 15) is 4.79 Å². The van der Waals surface area contributed by atoms with E-state index < -0.39 is 5.97 Å². The van der Waals surface area contributed by atoms with Crippen LogP contribution in [-0.2, 0) is 11.3 Å². The molecule has 0 radical (unpaired) electrons. The van der Waals surface area contributed by atoms with Gasteiger partial charge in [-0.1, -0.05) is 36.8 Å². The van der Waals surface area contributed by atoms with Crippen molar-refractivity contribution in [2.75, 3.05) is 0 Å². The second-order valence-corrected chi connectivity index (χ2v) is 4.51. The summed E-state index contributed by atoms with van der Waals surface area (Å²) >= 11 is 0. The van der Waals surface area contributed by atoms with Crippen molar-refractivity contribution in [3.05, 3.63) is 35.4 Å². The van der Waals surface area contributed by atoms with Crippen LogP contribution in [0.15, 0.2) is 24.3 Å². The molecular formula is C14H21NO2. The molecule has 0 bridgehead atoms. The minimum absolute atomic E-state index is 0.0150. The number of nitrogens with one attached hydrogen (secondary N) is 1. The SMILES string of the molecule is CCC(C(=O)O)C(C)NCc1ccc(C)cc1. The summed E-state index contributed by atoms with van der Waals surface area (Å²) in [5, 5.41) is 12.3. The van der Waals surface area contributed by atoms with Gasteiger partial charge in [0.1, 0.15) is 0 Å². The molecule has 3 nitrogen and oxygen atoms in total. The number of carbonyl (C=O) groups is 1. The van der Waals surface area contributed by atoms with E-state index in [-0.39, 0.29) is 12.0 Å². The summed E-state index contributed by atoms with van der Waals surface area (Å²) in [4.78, 5) is 11.0. The number of benzene rings is 1. The van der Waals surface area contributed by atoms with Crippen molar-refractivity contribution < 1.29 is 9.90 Å². The van der Waals surface area contributed by atoms with E-state index in [0.717, 1.165) is 0 Å². The average Bonchev–Trinajstić information content (AvgIpc) is 2.28. The molecule has 0 saturated carbocycles. The molecule has 2 atom stereocenters. The van der Waals surface area contributed by atoms with Crippen LogP contribution in [0.3, 0.4) is 0 Å². The zero-order valence-corrected chi connectivity index (χ0v) is 10.7. The Morgan fingerprint density at radius 1 is 1.35 bits per heavy atom. The molecule has 1 aromatic carbocycles. The van der Waals surface area contributed by atoms with Crippen LogP contribution < -0.4 is 5.32 Å². The van der Waals surface area contributed by atoms with Gasteiger partial charge in [-0.15, -0.1) is 0 Å². The van der Waals surface area contributed by atoms with E-state index in [4.69, 9.17) is 5.11 Å². The third-order valence-electron chi connectivity index (χ3n) is 3.11. The lowest BCUT2D eigenvalue weighted by Crippen LogP contribution is -2.37. The molecule has 94 valence electrons. The molecule has 0 spiro atoms. The van der Waals surface area contributed by atoms with Crippen LogP contribution in [0.2, 0.25) is 0 Å². The first kappa shape index (κ1) is 13.7. The number of carboxylic acid groups (broad SMARTS) is 1. The number of aliphatic carboxylic acids is 1. The van der Waals surface area contributed by atoms with Crippen LogP contribution >= 0.6 is 0 Å². The molecule has 0 aliphatic carbocycles. The quantitative estimate of drug-likeness (QED) is 0.796. The fourth-order valence-electron chi connectivity index (χ4n) is 1.87. The van der Waals surface area contributed by atoms with Gasteiger partial charge >= 0.3 is 5.97 Å². The second kappa shape index (κ2) is 6.40. The first-order valence-electron chi connectivity index (χ1n) is 6.06. The molecule has 0 heterocycles. The fraction of sp³-hybridized carbons (Fsp3) is 0.500. The summed E-state index contributed by atoms with van der Waals surface area (Å²) < 4.78 is 0. The van der Waals surface area contributed by atoms with E-state index >= 15 is 0 Å². The second-order valence-electron chi connectivity index (χ2n) is 4.51. The molecule has 0 amide bonds. The standard InChI is InChI=1S/C14H21NO2/c1-4-13(14(16)17)11(3)15-9-12-7-5-10(2)6-8-12/h5-8,11,13,15H,4,9H2,1-3H3,(H,16,17). The molecule has 0 saturated heterocycles. The molecule has 2 N–H and O–H groups in total. The average molecular weight is 235 g/mol. The topological polar surface area (TPSA) is 49.3 Å². The first-order valence-corrected chi connectivity index (χ1v) is 6.06. The molecule has 0 aromatic heterocycles. The molecule has 2 unspecified atom stereocenters. The van der Waals surface area contributed by atoms with Crippen molar-refractivity contribution in [2.24, 2.45) is 5.92 Å². The number of hydrogen-bond donors (Lipinski definition) is 2. The summed E-state index contributed by atoms with van der Waals surface area (Å²) in [7, 11) is 0. The van der Waals surface area contributed by atoms with Gasteiger partial charge in [0.05, 0.1) is 5.92 Å². The Hall–Kier alpha value is -1.35. The normalized spacial score (nSPS) is 14.3. The maximum atomic E-state index is 11.0. The van der Waals surface area contributed by atoms with Crippen molar-refractivity contribution >= 4 is 5.97 Å². The summed E-state index contributed by atoms with van der Waals surface area (Å²) in [6.07, 6.45) is 0.650. The monoisotopic (exact) mass is 235 g/mol. The zero-order chi connectivity index (χ0) is 12.8. The van der Waals surface area contributed by atoms with E-state index in [2.05, 4.69) is 36.5 Å². The first-order chi connectivity index (χ1) is 8.04. The van der Waals surface area contributed by atoms with Crippen LogP contribution in [0.4, 0.5) is 0 Å². The van der Waals surface area contributed by atoms with Crippen molar-refractivity contribution in [1.29, 1.82) is 0 Å². The highest BCUT2D eigenvalue weighted by atomic mass is 16.4. The van der Waals surface area contributed by atoms with Gasteiger partial charge in [-0.2, -0.15) is 0 Å². The van der Waals surface area contributed by atoms with E-state index in [1.165, 1.54) is 11.1 Å². The van der Waals surface area contributed by atoms with Crippen LogP contribution in [-0.4, -0.2) is 17.1 Å². The highest BCUT2D eigenvalue weighted by Crippen LogP contribution is 2.10. The lowest BCUT2D eigenvalue weighted by atomic mass is 9.98. The Bertz CT molecular complexity index is 359. The Balaban J connectivity index is 2.49. The van der Waals surface area contributed by atoms with E-state index in [1.54, 1.807) is 0 Å². The molecule has 3 heteroatoms. The van der Waals surface area contributed by atoms with Gasteiger partial charge in [0, 0.05) is 12.6 Å². The highest BCUT2D eigenvalue weighted by Gasteiger charge is 2.21. The number of aryl methyl sites for hydroxylation is 1. The van der Waals surface area contributed by atoms with Gasteiger partial charge in [-0.3, -0.25) is 4.79 Å². The Morgan fingerprint density at radius 3 is 2.41 bits per heavy atom. The van der Waals surface area contributed by atoms with Gasteiger partial charge < -0.3 is 10.4 Å². The molecule has 0 fully saturated rings. The van der Waals surface area contributed by atoms with Gasteiger partial charge in [-0.05, 0) is 25.8 Å². The smallest absolute Gasteiger partial charge is 0.308 e. The van der Waals surface area contributed by atoms with Crippen LogP contribution in [0.5, 0.6) is 0 Å². The van der Waals surface area contributed by atoms with Crippen molar-refractivity contribution in [3.63, 3.8) is 0 Å².